The highest BCUT2D eigenvalue weighted by atomic mass is 16.2. The number of nitrogens with one attached hydrogen (secondary N) is 1. The first-order valence-electron chi connectivity index (χ1n) is 10.8. The molecule has 0 radical (unpaired) electrons. The molecule has 6 nitrogen and oxygen atoms in total. The Kier molecular flexibility index (Phi) is 6.13. The van der Waals surface area contributed by atoms with E-state index in [1.165, 1.54) is 16.7 Å². The number of likely N-dealkylation sites (tertiary alicyclic amines) is 1. The summed E-state index contributed by atoms with van der Waals surface area (Å²) >= 11 is 0. The zero-order valence-corrected chi connectivity index (χ0v) is 17.9. The Morgan fingerprint density at radius 2 is 2.03 bits per heavy atom. The minimum absolute atomic E-state index is 0.00633. The molecule has 2 amide bonds. The molecule has 2 saturated heterocycles. The Balaban J connectivity index is 1.49. The number of aryl methyl sites for hydroxylation is 2. The second kappa shape index (κ2) is 8.96. The van der Waals surface area contributed by atoms with Crippen LogP contribution in [0.5, 0.6) is 0 Å². The predicted octanol–water partition coefficient (Wildman–Crippen LogP) is 2.38. The van der Waals surface area contributed by atoms with Crippen LogP contribution in [0.3, 0.4) is 0 Å². The van der Waals surface area contributed by atoms with Crippen molar-refractivity contribution in [2.24, 2.45) is 0 Å². The van der Waals surface area contributed by atoms with Gasteiger partial charge in [0.1, 0.15) is 0 Å². The van der Waals surface area contributed by atoms with Gasteiger partial charge in [0.05, 0.1) is 24.8 Å². The first-order valence-corrected chi connectivity index (χ1v) is 10.8. The minimum atomic E-state index is -0.00633. The molecule has 1 aromatic carbocycles. The highest BCUT2D eigenvalue weighted by Gasteiger charge is 2.32. The van der Waals surface area contributed by atoms with Crippen LogP contribution in [0, 0.1) is 13.8 Å². The Morgan fingerprint density at radius 1 is 1.17 bits per heavy atom. The number of carbonyl (C=O) groups is 2. The predicted molar refractivity (Wildman–Crippen MR) is 116 cm³/mol. The lowest BCUT2D eigenvalue weighted by atomic mass is 10.0. The fourth-order valence-corrected chi connectivity index (χ4v) is 4.58. The molecule has 158 valence electrons. The highest BCUT2D eigenvalue weighted by molar-refractivity contribution is 5.82. The molecule has 2 aliphatic rings. The summed E-state index contributed by atoms with van der Waals surface area (Å²) in [5.74, 6) is 0.0869. The monoisotopic (exact) mass is 406 g/mol. The van der Waals surface area contributed by atoms with Crippen molar-refractivity contribution < 1.29 is 9.59 Å². The van der Waals surface area contributed by atoms with Crippen LogP contribution in [0.2, 0.25) is 0 Å². The Labute approximate surface area is 178 Å². The summed E-state index contributed by atoms with van der Waals surface area (Å²) in [5, 5.41) is 2.81. The summed E-state index contributed by atoms with van der Waals surface area (Å²) in [6, 6.07) is 12.9. The highest BCUT2D eigenvalue weighted by Crippen LogP contribution is 2.32. The number of carbonyl (C=O) groups excluding carboxylic acids is 2. The van der Waals surface area contributed by atoms with Crippen molar-refractivity contribution in [1.82, 2.24) is 20.1 Å². The van der Waals surface area contributed by atoms with Gasteiger partial charge >= 0.3 is 0 Å². The summed E-state index contributed by atoms with van der Waals surface area (Å²) in [6.07, 6.45) is 2.79. The Bertz CT molecular complexity index is 943. The fraction of sp³-hybridized carbons (Fsp3) is 0.458. The van der Waals surface area contributed by atoms with Gasteiger partial charge in [-0.15, -0.1) is 0 Å². The number of nitrogens with zero attached hydrogens (tertiary/aromatic N) is 3. The zero-order chi connectivity index (χ0) is 21.1. The van der Waals surface area contributed by atoms with E-state index >= 15 is 0 Å². The third-order valence-corrected chi connectivity index (χ3v) is 5.91. The summed E-state index contributed by atoms with van der Waals surface area (Å²) in [6.45, 7) is 6.82. The summed E-state index contributed by atoms with van der Waals surface area (Å²) in [4.78, 5) is 33.3. The quantitative estimate of drug-likeness (QED) is 0.828. The van der Waals surface area contributed by atoms with Gasteiger partial charge in [0, 0.05) is 25.3 Å². The van der Waals surface area contributed by atoms with Crippen molar-refractivity contribution in [3.05, 3.63) is 64.5 Å². The van der Waals surface area contributed by atoms with Gasteiger partial charge < -0.3 is 10.2 Å². The molecule has 0 saturated carbocycles. The first-order chi connectivity index (χ1) is 14.5. The average Bonchev–Trinajstić information content (AvgIpc) is 3.18. The van der Waals surface area contributed by atoms with E-state index in [0.717, 1.165) is 43.7 Å². The minimum Gasteiger partial charge on any atom is -0.354 e. The van der Waals surface area contributed by atoms with Gasteiger partial charge in [0.15, 0.2) is 0 Å². The molecule has 2 aromatic rings. The van der Waals surface area contributed by atoms with Crippen molar-refractivity contribution in [3.8, 4) is 0 Å². The number of hydrogen-bond acceptors (Lipinski definition) is 4. The van der Waals surface area contributed by atoms with E-state index in [0.29, 0.717) is 19.6 Å². The van der Waals surface area contributed by atoms with E-state index in [4.69, 9.17) is 4.98 Å². The van der Waals surface area contributed by atoms with Gasteiger partial charge in [-0.05, 0) is 56.4 Å². The summed E-state index contributed by atoms with van der Waals surface area (Å²) < 4.78 is 0. The van der Waals surface area contributed by atoms with Crippen LogP contribution < -0.4 is 5.32 Å². The second-order valence-electron chi connectivity index (χ2n) is 8.51. The van der Waals surface area contributed by atoms with E-state index in [2.05, 4.69) is 48.6 Å². The van der Waals surface area contributed by atoms with Crippen LogP contribution in [0.1, 0.15) is 47.0 Å². The third-order valence-electron chi connectivity index (χ3n) is 5.91. The fourth-order valence-electron chi connectivity index (χ4n) is 4.58. The van der Waals surface area contributed by atoms with Crippen molar-refractivity contribution in [2.45, 2.75) is 39.2 Å². The molecule has 1 aromatic heterocycles. The van der Waals surface area contributed by atoms with Crippen LogP contribution in [0.4, 0.5) is 0 Å². The third kappa shape index (κ3) is 4.87. The number of rotatable bonds is 5. The van der Waals surface area contributed by atoms with E-state index in [9.17, 15) is 9.59 Å². The van der Waals surface area contributed by atoms with Crippen LogP contribution in [0.15, 0.2) is 36.4 Å². The van der Waals surface area contributed by atoms with Gasteiger partial charge in [-0.2, -0.15) is 0 Å². The number of pyridine rings is 1. The van der Waals surface area contributed by atoms with Gasteiger partial charge in [-0.3, -0.25) is 19.5 Å². The van der Waals surface area contributed by atoms with E-state index in [-0.39, 0.29) is 17.9 Å². The normalized spacial score (nSPS) is 19.7. The van der Waals surface area contributed by atoms with Crippen molar-refractivity contribution in [3.63, 3.8) is 0 Å². The maximum Gasteiger partial charge on any atom is 0.237 e. The number of benzene rings is 1. The van der Waals surface area contributed by atoms with Gasteiger partial charge in [0.2, 0.25) is 11.8 Å². The van der Waals surface area contributed by atoms with Gasteiger partial charge in [-0.25, -0.2) is 0 Å². The van der Waals surface area contributed by atoms with Crippen molar-refractivity contribution >= 4 is 11.8 Å². The van der Waals surface area contributed by atoms with E-state index in [1.807, 2.05) is 16.7 Å². The summed E-state index contributed by atoms with van der Waals surface area (Å²) in [5.41, 5.74) is 5.75. The number of aromatic nitrogens is 1. The van der Waals surface area contributed by atoms with E-state index < -0.39 is 0 Å². The molecule has 4 rings (SSSR count). The van der Waals surface area contributed by atoms with Gasteiger partial charge in [-0.1, -0.05) is 29.8 Å². The first kappa shape index (κ1) is 20.5. The molecule has 1 N–H and O–H groups in total. The molecule has 0 spiro atoms. The largest absolute Gasteiger partial charge is 0.354 e. The van der Waals surface area contributed by atoms with Crippen LogP contribution in [0.25, 0.3) is 0 Å². The maximum absolute atomic E-state index is 13.0. The average molecular weight is 407 g/mol. The topological polar surface area (TPSA) is 65.5 Å². The molecule has 1 atom stereocenters. The zero-order valence-electron chi connectivity index (χ0n) is 17.9. The number of hydrogen-bond donors (Lipinski definition) is 1. The smallest absolute Gasteiger partial charge is 0.237 e. The molecule has 3 heterocycles. The lowest BCUT2D eigenvalue weighted by Crippen LogP contribution is -2.51. The van der Waals surface area contributed by atoms with Crippen LogP contribution in [-0.4, -0.2) is 59.3 Å². The van der Waals surface area contributed by atoms with E-state index in [1.54, 1.807) is 0 Å². The molecular weight excluding hydrogens is 376 g/mol. The SMILES string of the molecule is Cc1cccc(Cc2cc(C)nc(C3CCCN3C(=O)CN3CCNC(=O)C3)c2)c1. The number of piperazine rings is 1. The number of amides is 2. The Hall–Kier alpha value is -2.73. The lowest BCUT2D eigenvalue weighted by Gasteiger charge is -2.30. The molecule has 2 aliphatic heterocycles. The molecule has 2 fully saturated rings. The van der Waals surface area contributed by atoms with Crippen molar-refractivity contribution in [1.29, 1.82) is 0 Å². The maximum atomic E-state index is 13.0. The van der Waals surface area contributed by atoms with Crippen LogP contribution in [-0.2, 0) is 16.0 Å². The second-order valence-corrected chi connectivity index (χ2v) is 8.51. The Morgan fingerprint density at radius 3 is 2.83 bits per heavy atom. The molecule has 0 aliphatic carbocycles. The molecular formula is C24H30N4O2. The molecule has 1 unspecified atom stereocenters. The molecule has 0 bridgehead atoms. The molecule has 30 heavy (non-hydrogen) atoms. The standard InChI is InChI=1S/C24H30N4O2/c1-17-5-3-6-19(11-17)13-20-12-18(2)26-21(14-20)22-7-4-9-28(22)24(30)16-27-10-8-25-23(29)15-27/h3,5-6,11-12,14,22H,4,7-10,13,15-16H2,1-2H3,(H,25,29). The van der Waals surface area contributed by atoms with Crippen molar-refractivity contribution in [2.75, 3.05) is 32.7 Å². The van der Waals surface area contributed by atoms with Gasteiger partial charge in [0.25, 0.3) is 0 Å². The lowest BCUT2D eigenvalue weighted by molar-refractivity contribution is -0.134. The van der Waals surface area contributed by atoms with Crippen LogP contribution >= 0.6 is 0 Å². The summed E-state index contributed by atoms with van der Waals surface area (Å²) in [7, 11) is 0. The molecule has 6 heteroatoms.